The van der Waals surface area contributed by atoms with Gasteiger partial charge in [0, 0.05) is 28.5 Å². The number of halogens is 1. The van der Waals surface area contributed by atoms with Crippen molar-refractivity contribution in [1.82, 2.24) is 4.90 Å². The van der Waals surface area contributed by atoms with Crippen LogP contribution in [-0.2, 0) is 4.79 Å². The van der Waals surface area contributed by atoms with Crippen LogP contribution in [-0.4, -0.2) is 35.1 Å². The summed E-state index contributed by atoms with van der Waals surface area (Å²) in [5, 5.41) is 13.2. The summed E-state index contributed by atoms with van der Waals surface area (Å²) in [4.78, 5) is 15.1. The summed E-state index contributed by atoms with van der Waals surface area (Å²) < 4.78 is 1.04. The third-order valence-electron chi connectivity index (χ3n) is 5.82. The molecule has 1 amide bonds. The average molecular weight is 379 g/mol. The van der Waals surface area contributed by atoms with E-state index in [0.29, 0.717) is 11.8 Å². The van der Waals surface area contributed by atoms with Gasteiger partial charge in [-0.1, -0.05) is 28.8 Å². The van der Waals surface area contributed by atoms with Crippen LogP contribution in [0.25, 0.3) is 0 Å². The Bertz CT molecular complexity index is 615. The van der Waals surface area contributed by atoms with Gasteiger partial charge in [0.05, 0.1) is 18.7 Å². The predicted octanol–water partition coefficient (Wildman–Crippen LogP) is 3.32. The fourth-order valence-corrected chi connectivity index (χ4v) is 5.07. The summed E-state index contributed by atoms with van der Waals surface area (Å²) in [5.41, 5.74) is 2.25. The van der Waals surface area contributed by atoms with Crippen LogP contribution in [0.2, 0.25) is 0 Å². The molecule has 0 aromatic heterocycles. The molecule has 2 fully saturated rings. The zero-order valence-corrected chi connectivity index (χ0v) is 14.8. The highest BCUT2D eigenvalue weighted by Gasteiger charge is 2.46. The Morgan fingerprint density at radius 1 is 1.30 bits per heavy atom. The Kier molecular flexibility index (Phi) is 4.10. The Balaban J connectivity index is 1.70. The molecule has 1 saturated heterocycles. The molecule has 1 aromatic carbocycles. The van der Waals surface area contributed by atoms with Crippen LogP contribution in [0.5, 0.6) is 0 Å². The molecule has 124 valence electrons. The molecule has 2 aliphatic heterocycles. The van der Waals surface area contributed by atoms with Crippen molar-refractivity contribution < 1.29 is 9.90 Å². The maximum absolute atomic E-state index is 13.0. The summed E-state index contributed by atoms with van der Waals surface area (Å²) in [6.07, 6.45) is 5.41. The van der Waals surface area contributed by atoms with Gasteiger partial charge in [-0.3, -0.25) is 4.79 Å². The number of amides is 1. The fourth-order valence-electron chi connectivity index (χ4n) is 4.69. The van der Waals surface area contributed by atoms with E-state index in [1.807, 2.05) is 6.07 Å². The minimum atomic E-state index is 0.0371. The fraction of sp³-hybridized carbons (Fsp3) is 0.611. The van der Waals surface area contributed by atoms with Gasteiger partial charge in [-0.05, 0) is 43.0 Å². The maximum Gasteiger partial charge on any atom is 0.226 e. The van der Waals surface area contributed by atoms with Crippen molar-refractivity contribution in [3.05, 3.63) is 28.2 Å². The van der Waals surface area contributed by atoms with Crippen molar-refractivity contribution in [2.24, 2.45) is 11.8 Å². The SMILES string of the molecule is O=C(C1CCCC1)N1CC[C@@H]2[C@H](CO)Nc3ccc(Br)cc3[C@@H]21. The second-order valence-corrected chi connectivity index (χ2v) is 7.99. The number of nitrogens with zero attached hydrogens (tertiary/aromatic N) is 1. The second-order valence-electron chi connectivity index (χ2n) is 7.08. The Morgan fingerprint density at radius 3 is 2.83 bits per heavy atom. The lowest BCUT2D eigenvalue weighted by molar-refractivity contribution is -0.136. The summed E-state index contributed by atoms with van der Waals surface area (Å²) in [6, 6.07) is 6.34. The molecule has 0 spiro atoms. The first kappa shape index (κ1) is 15.5. The summed E-state index contributed by atoms with van der Waals surface area (Å²) in [5.74, 6) is 0.846. The normalized spacial score (nSPS) is 30.0. The van der Waals surface area contributed by atoms with Crippen molar-refractivity contribution in [3.8, 4) is 0 Å². The van der Waals surface area contributed by atoms with Gasteiger partial charge >= 0.3 is 0 Å². The first-order valence-electron chi connectivity index (χ1n) is 8.66. The number of aliphatic hydroxyl groups excluding tert-OH is 1. The molecular weight excluding hydrogens is 356 g/mol. The predicted molar refractivity (Wildman–Crippen MR) is 93.2 cm³/mol. The third-order valence-corrected chi connectivity index (χ3v) is 6.31. The van der Waals surface area contributed by atoms with E-state index in [0.717, 1.165) is 36.0 Å². The van der Waals surface area contributed by atoms with Crippen LogP contribution in [0.1, 0.15) is 43.7 Å². The van der Waals surface area contributed by atoms with Crippen molar-refractivity contribution in [1.29, 1.82) is 0 Å². The first-order chi connectivity index (χ1) is 11.2. The Hall–Kier alpha value is -1.07. The number of rotatable bonds is 2. The Labute approximate surface area is 145 Å². The van der Waals surface area contributed by atoms with Gasteiger partial charge in [0.25, 0.3) is 0 Å². The number of benzene rings is 1. The minimum Gasteiger partial charge on any atom is -0.394 e. The van der Waals surface area contributed by atoms with E-state index in [2.05, 4.69) is 38.3 Å². The van der Waals surface area contributed by atoms with Crippen LogP contribution in [0.15, 0.2) is 22.7 Å². The molecule has 3 aliphatic rings. The molecule has 4 nitrogen and oxygen atoms in total. The number of hydrogen-bond donors (Lipinski definition) is 2. The molecule has 4 rings (SSSR count). The van der Waals surface area contributed by atoms with Gasteiger partial charge in [0.2, 0.25) is 5.91 Å². The molecule has 0 bridgehead atoms. The molecule has 5 heteroatoms. The van der Waals surface area contributed by atoms with E-state index < -0.39 is 0 Å². The van der Waals surface area contributed by atoms with Crippen molar-refractivity contribution in [2.45, 2.75) is 44.2 Å². The minimum absolute atomic E-state index is 0.0371. The third kappa shape index (κ3) is 2.58. The zero-order valence-electron chi connectivity index (χ0n) is 13.2. The number of hydrogen-bond acceptors (Lipinski definition) is 3. The number of nitrogens with one attached hydrogen (secondary N) is 1. The number of fused-ring (bicyclic) bond motifs is 3. The van der Waals surface area contributed by atoms with Crippen molar-refractivity contribution >= 4 is 27.5 Å². The Morgan fingerprint density at radius 2 is 2.09 bits per heavy atom. The number of carbonyl (C=O) groups excluding carboxylic acids is 1. The zero-order chi connectivity index (χ0) is 16.0. The first-order valence-corrected chi connectivity index (χ1v) is 9.45. The molecule has 23 heavy (non-hydrogen) atoms. The highest BCUT2D eigenvalue weighted by Crippen LogP contribution is 2.48. The molecule has 2 heterocycles. The van der Waals surface area contributed by atoms with Gasteiger partial charge in [0.1, 0.15) is 0 Å². The topological polar surface area (TPSA) is 52.6 Å². The molecule has 0 unspecified atom stereocenters. The van der Waals surface area contributed by atoms with E-state index in [1.54, 1.807) is 0 Å². The largest absolute Gasteiger partial charge is 0.394 e. The average Bonchev–Trinajstić information content (AvgIpc) is 3.23. The molecule has 3 atom stereocenters. The van der Waals surface area contributed by atoms with Gasteiger partial charge in [-0.2, -0.15) is 0 Å². The van der Waals surface area contributed by atoms with E-state index in [-0.39, 0.29) is 24.6 Å². The quantitative estimate of drug-likeness (QED) is 0.829. The smallest absolute Gasteiger partial charge is 0.226 e. The van der Waals surface area contributed by atoms with Crippen LogP contribution in [0.3, 0.4) is 0 Å². The number of aliphatic hydroxyl groups is 1. The van der Waals surface area contributed by atoms with Gasteiger partial charge < -0.3 is 15.3 Å². The van der Waals surface area contributed by atoms with Crippen molar-refractivity contribution in [2.75, 3.05) is 18.5 Å². The lowest BCUT2D eigenvalue weighted by Crippen LogP contribution is -2.44. The highest BCUT2D eigenvalue weighted by molar-refractivity contribution is 9.10. The molecule has 0 radical (unpaired) electrons. The van der Waals surface area contributed by atoms with E-state index >= 15 is 0 Å². The maximum atomic E-state index is 13.0. The van der Waals surface area contributed by atoms with E-state index in [9.17, 15) is 9.90 Å². The number of likely N-dealkylation sites (tertiary alicyclic amines) is 1. The van der Waals surface area contributed by atoms with Crippen molar-refractivity contribution in [3.63, 3.8) is 0 Å². The summed E-state index contributed by atoms with van der Waals surface area (Å²) >= 11 is 3.56. The van der Waals surface area contributed by atoms with Crippen LogP contribution < -0.4 is 5.32 Å². The highest BCUT2D eigenvalue weighted by atomic mass is 79.9. The van der Waals surface area contributed by atoms with Gasteiger partial charge in [-0.25, -0.2) is 0 Å². The molecular formula is C18H23BrN2O2. The monoisotopic (exact) mass is 378 g/mol. The molecule has 1 aromatic rings. The van der Waals surface area contributed by atoms with Crippen LogP contribution in [0.4, 0.5) is 5.69 Å². The molecule has 2 N–H and O–H groups in total. The molecule has 1 aliphatic carbocycles. The lowest BCUT2D eigenvalue weighted by atomic mass is 9.83. The van der Waals surface area contributed by atoms with E-state index in [1.165, 1.54) is 18.4 Å². The molecule has 1 saturated carbocycles. The summed E-state index contributed by atoms with van der Waals surface area (Å²) in [7, 11) is 0. The van der Waals surface area contributed by atoms with Gasteiger partial charge in [0.15, 0.2) is 0 Å². The van der Waals surface area contributed by atoms with E-state index in [4.69, 9.17) is 0 Å². The number of anilines is 1. The lowest BCUT2D eigenvalue weighted by Gasteiger charge is -2.39. The number of carbonyl (C=O) groups is 1. The summed E-state index contributed by atoms with van der Waals surface area (Å²) in [6.45, 7) is 0.928. The van der Waals surface area contributed by atoms with Crippen LogP contribution in [0, 0.1) is 11.8 Å². The van der Waals surface area contributed by atoms with Gasteiger partial charge in [-0.15, -0.1) is 0 Å². The second kappa shape index (κ2) is 6.10. The van der Waals surface area contributed by atoms with Crippen LogP contribution >= 0.6 is 15.9 Å². The standard InChI is InChI=1S/C18H23BrN2O2/c19-12-5-6-15-14(9-12)17-13(16(10-22)20-15)7-8-21(17)18(23)11-3-1-2-4-11/h5-6,9,11,13,16-17,20,22H,1-4,7-8,10H2/t13-,16+,17-/m1/s1.